The number of carboxylic acids is 1. The van der Waals surface area contributed by atoms with Gasteiger partial charge in [-0.2, -0.15) is 0 Å². The summed E-state index contributed by atoms with van der Waals surface area (Å²) in [7, 11) is 0. The lowest BCUT2D eigenvalue weighted by Gasteiger charge is -2.49. The number of carboxylic acid groups (broad SMARTS) is 1. The molecule has 3 atom stereocenters. The van der Waals surface area contributed by atoms with E-state index in [9.17, 15) is 19.2 Å². The lowest BCUT2D eigenvalue weighted by Crippen LogP contribution is -2.70. The Hall–Kier alpha value is -4.30. The number of aliphatic hydroxyl groups excluding tert-OH is 1. The summed E-state index contributed by atoms with van der Waals surface area (Å²) in [5, 5.41) is 26.9. The second-order valence-corrected chi connectivity index (χ2v) is 13.2. The van der Waals surface area contributed by atoms with E-state index in [4.69, 9.17) is 38.1 Å². The van der Waals surface area contributed by atoms with Gasteiger partial charge in [-0.1, -0.05) is 28.1 Å². The Morgan fingerprint density at radius 2 is 2.13 bits per heavy atom. The van der Waals surface area contributed by atoms with Gasteiger partial charge in [-0.3, -0.25) is 23.9 Å². The molecule has 0 radical (unpaired) electrons. The highest BCUT2D eigenvalue weighted by Crippen LogP contribution is 2.40. The number of nitrogens with two attached hydrogens (primary N) is 2. The third kappa shape index (κ3) is 7.03. The van der Waals surface area contributed by atoms with Gasteiger partial charge in [-0.15, -0.1) is 11.8 Å². The van der Waals surface area contributed by atoms with Crippen LogP contribution in [0.15, 0.2) is 34.8 Å². The van der Waals surface area contributed by atoms with Crippen molar-refractivity contribution in [2.45, 2.75) is 44.0 Å². The molecule has 0 aliphatic carbocycles. The van der Waals surface area contributed by atoms with E-state index in [-0.39, 0.29) is 34.0 Å². The molecule has 0 aromatic carbocycles. The molecule has 0 spiro atoms. The lowest BCUT2D eigenvalue weighted by atomic mass is 10.0. The summed E-state index contributed by atoms with van der Waals surface area (Å²) in [6.07, 6.45) is 1.82. The summed E-state index contributed by atoms with van der Waals surface area (Å²) in [6, 6.07) is 2.73. The zero-order valence-electron chi connectivity index (χ0n) is 25.0. The number of nitrogens with one attached hydrogen (secondary N) is 2. The number of nitrogen functional groups attached to an aromatic ring is 2. The molecular weight excluding hydrogens is 676 g/mol. The Morgan fingerprint density at radius 1 is 1.34 bits per heavy atom. The quantitative estimate of drug-likeness (QED) is 0.0287. The first-order chi connectivity index (χ1) is 22.5. The van der Waals surface area contributed by atoms with Gasteiger partial charge in [0.2, 0.25) is 6.10 Å². The van der Waals surface area contributed by atoms with E-state index in [2.05, 4.69) is 25.8 Å². The van der Waals surface area contributed by atoms with Gasteiger partial charge in [0, 0.05) is 24.4 Å². The monoisotopic (exact) mass is 707 g/mol. The molecular formula is C27H32ClN10O7S2+. The van der Waals surface area contributed by atoms with Crippen molar-refractivity contribution >= 4 is 86.7 Å². The molecule has 3 aromatic rings. The first-order valence-corrected chi connectivity index (χ1v) is 16.6. The van der Waals surface area contributed by atoms with E-state index >= 15 is 0 Å². The maximum Gasteiger partial charge on any atom is 0.351 e. The number of aliphatic carboxylic acids is 1. The normalized spacial score (nSPS) is 18.6. The third-order valence-electron chi connectivity index (χ3n) is 7.38. The number of imidazole rings is 1. The summed E-state index contributed by atoms with van der Waals surface area (Å²) in [5.41, 5.74) is 13.7. The molecule has 3 aromatic heterocycles. The molecule has 250 valence electrons. The Balaban J connectivity index is 1.33. The number of allylic oxidation sites excluding steroid dienone is 1. The van der Waals surface area contributed by atoms with Gasteiger partial charge < -0.3 is 37.2 Å². The highest BCUT2D eigenvalue weighted by Gasteiger charge is 2.53. The number of thiazole rings is 1. The fourth-order valence-electron chi connectivity index (χ4n) is 5.05. The van der Waals surface area contributed by atoms with E-state index in [0.717, 1.165) is 23.3 Å². The molecule has 2 aliphatic heterocycles. The van der Waals surface area contributed by atoms with E-state index in [0.29, 0.717) is 48.8 Å². The number of amides is 2. The molecule has 2 amide bonds. The number of fused-ring (bicyclic) bond motifs is 2. The van der Waals surface area contributed by atoms with Crippen LogP contribution < -0.4 is 26.7 Å². The number of halogens is 1. The summed E-state index contributed by atoms with van der Waals surface area (Å²) < 4.78 is 3.78. The van der Waals surface area contributed by atoms with Crippen molar-refractivity contribution in [2.75, 3.05) is 36.9 Å². The number of aldehydes is 1. The zero-order chi connectivity index (χ0) is 33.8. The number of aryl methyl sites for hydroxylation is 1. The summed E-state index contributed by atoms with van der Waals surface area (Å²) in [4.78, 5) is 65.1. The molecule has 47 heavy (non-hydrogen) atoms. The Labute approximate surface area is 280 Å². The predicted octanol–water partition coefficient (Wildman–Crippen LogP) is -0.683. The summed E-state index contributed by atoms with van der Waals surface area (Å²) in [5.74, 6) is -2.02. The van der Waals surface area contributed by atoms with Gasteiger partial charge in [0.25, 0.3) is 11.8 Å². The number of aromatic nitrogens is 4. The molecule has 5 heterocycles. The zero-order valence-corrected chi connectivity index (χ0v) is 27.3. The highest BCUT2D eigenvalue weighted by atomic mass is 35.5. The van der Waals surface area contributed by atoms with Crippen molar-refractivity contribution < 1.29 is 38.8 Å². The number of anilines is 2. The molecule has 0 saturated carbocycles. The third-order valence-corrected chi connectivity index (χ3v) is 9.80. The van der Waals surface area contributed by atoms with Gasteiger partial charge in [0.1, 0.15) is 33.5 Å². The van der Waals surface area contributed by atoms with Crippen LogP contribution in [0.1, 0.15) is 19.0 Å². The highest BCUT2D eigenvalue weighted by molar-refractivity contribution is 8.00. The van der Waals surface area contributed by atoms with Crippen molar-refractivity contribution in [1.82, 2.24) is 30.1 Å². The maximum absolute atomic E-state index is 13.3. The summed E-state index contributed by atoms with van der Waals surface area (Å²) >= 11 is 8.42. The van der Waals surface area contributed by atoms with E-state index in [1.807, 2.05) is 27.5 Å². The smallest absolute Gasteiger partial charge is 0.351 e. The summed E-state index contributed by atoms with van der Waals surface area (Å²) in [6.45, 7) is 3.36. The number of carbonyl (C=O) groups excluding carboxylic acids is 3. The van der Waals surface area contributed by atoms with Crippen molar-refractivity contribution in [3.8, 4) is 0 Å². The molecule has 17 nitrogen and oxygen atoms in total. The largest absolute Gasteiger partial charge is 0.478 e. The van der Waals surface area contributed by atoms with Crippen LogP contribution in [0.4, 0.5) is 11.1 Å². The van der Waals surface area contributed by atoms with Crippen LogP contribution in [0, 0.1) is 0 Å². The van der Waals surface area contributed by atoms with Gasteiger partial charge >= 0.3 is 17.6 Å². The standard InChI is InChI=1S/C27H31ClN10O7S2/c1-13(25(43)44)45-35-18(17-20(28)47-27(30)33-17)22(41)32-19-23(42)38-16(11-40)14(12-46-24(19)38)10-36-7-2-4-15-21(36)34-26(29)37(15)8-3-5-31-6-9-39/h2,4,7,11,13,19,24,29,31,39H,3,5-6,8-10,12H2,1H3,(H4,30,32,33,41,43,44)/p+1/b35-18-/t13-,19?,24?/m0/s1. The molecule has 2 unspecified atom stereocenters. The van der Waals surface area contributed by atoms with Crippen molar-refractivity contribution in [3.63, 3.8) is 0 Å². The van der Waals surface area contributed by atoms with Crippen molar-refractivity contribution in [3.05, 3.63) is 39.6 Å². The fraction of sp³-hybridized carbons (Fsp3) is 0.407. The number of oxime groups is 1. The van der Waals surface area contributed by atoms with Crippen LogP contribution in [-0.2, 0) is 37.1 Å². The number of rotatable bonds is 15. The van der Waals surface area contributed by atoms with Crippen LogP contribution in [0.5, 0.6) is 0 Å². The first kappa shape index (κ1) is 34.0. The van der Waals surface area contributed by atoms with E-state index < -0.39 is 41.0 Å². The minimum Gasteiger partial charge on any atom is -0.478 e. The molecule has 20 heteroatoms. The topological polar surface area (TPSA) is 244 Å². The SMILES string of the molecule is C[C@H](O/N=C(\C(=O)NC1C(=O)N2C(C=O)=C(C[n+]3cccc4c3nc(N)n4CCCNCCO)CSC12)c1nc(N)sc1Cl)C(=O)O. The molecule has 2 aliphatic rings. The number of hydrogen-bond donors (Lipinski definition) is 6. The minimum atomic E-state index is -1.39. The number of β-lactam (4-membered cyclic amide) rings is 1. The van der Waals surface area contributed by atoms with Crippen LogP contribution in [0.25, 0.3) is 11.2 Å². The second-order valence-electron chi connectivity index (χ2n) is 10.5. The van der Waals surface area contributed by atoms with Crippen LogP contribution in [-0.4, -0.2) is 102 Å². The first-order valence-electron chi connectivity index (χ1n) is 14.3. The average molecular weight is 708 g/mol. The number of thioether (sulfide) groups is 1. The van der Waals surface area contributed by atoms with Crippen LogP contribution in [0.2, 0.25) is 4.34 Å². The molecule has 5 rings (SSSR count). The number of carbonyl (C=O) groups is 4. The van der Waals surface area contributed by atoms with Gasteiger partial charge in [-0.05, 0) is 37.0 Å². The Morgan fingerprint density at radius 3 is 2.81 bits per heavy atom. The number of hydrogen-bond acceptors (Lipinski definition) is 14. The van der Waals surface area contributed by atoms with Crippen LogP contribution in [0.3, 0.4) is 0 Å². The van der Waals surface area contributed by atoms with Gasteiger partial charge in [-0.25, -0.2) is 14.3 Å². The molecule has 0 bridgehead atoms. The number of aliphatic hydroxyl groups is 1. The Kier molecular flexibility index (Phi) is 10.6. The van der Waals surface area contributed by atoms with Gasteiger partial charge in [0.15, 0.2) is 17.1 Å². The Bertz CT molecular complexity index is 1780. The van der Waals surface area contributed by atoms with Gasteiger partial charge in [0.05, 0.1) is 18.5 Å². The number of pyridine rings is 1. The molecule has 1 fully saturated rings. The predicted molar refractivity (Wildman–Crippen MR) is 173 cm³/mol. The van der Waals surface area contributed by atoms with Crippen molar-refractivity contribution in [2.24, 2.45) is 5.16 Å². The minimum absolute atomic E-state index is 0.0153. The number of nitrogens with zero attached hydrogens (tertiary/aromatic N) is 6. The molecule has 1 saturated heterocycles. The van der Waals surface area contributed by atoms with E-state index in [1.165, 1.54) is 23.6 Å². The average Bonchev–Trinajstić information content (AvgIpc) is 3.56. The maximum atomic E-state index is 13.3. The lowest BCUT2D eigenvalue weighted by molar-refractivity contribution is -0.664. The second kappa shape index (κ2) is 14.6. The van der Waals surface area contributed by atoms with Crippen molar-refractivity contribution in [1.29, 1.82) is 0 Å². The van der Waals surface area contributed by atoms with E-state index in [1.54, 1.807) is 0 Å². The fourth-order valence-corrected chi connectivity index (χ4v) is 7.33. The van der Waals surface area contributed by atoms with Crippen LogP contribution >= 0.6 is 34.7 Å². The molecule has 8 N–H and O–H groups in total.